The summed E-state index contributed by atoms with van der Waals surface area (Å²) in [5, 5.41) is 6.47. The summed E-state index contributed by atoms with van der Waals surface area (Å²) in [4.78, 5) is 44.9. The molecule has 0 radical (unpaired) electrons. The van der Waals surface area contributed by atoms with Crippen LogP contribution in [0.25, 0.3) is 11.4 Å². The number of morpholine rings is 1. The number of carbonyl (C=O) groups is 3. The molecule has 0 bridgehead atoms. The third-order valence-corrected chi connectivity index (χ3v) is 7.99. The summed E-state index contributed by atoms with van der Waals surface area (Å²) in [6.07, 6.45) is -0.0804. The van der Waals surface area contributed by atoms with Crippen LogP contribution in [0.4, 0.5) is 0 Å². The number of nitrogens with zero attached hydrogens (tertiary/aromatic N) is 3. The Balaban J connectivity index is 1.75. The Morgan fingerprint density at radius 1 is 1.08 bits per heavy atom. The molecule has 1 aliphatic heterocycles. The fourth-order valence-electron chi connectivity index (χ4n) is 4.08. The molecule has 37 heavy (non-hydrogen) atoms. The second kappa shape index (κ2) is 12.9. The van der Waals surface area contributed by atoms with E-state index in [9.17, 15) is 22.8 Å². The Labute approximate surface area is 216 Å². The highest BCUT2D eigenvalue weighted by atomic mass is 32.2. The van der Waals surface area contributed by atoms with Gasteiger partial charge in [0, 0.05) is 25.1 Å². The molecule has 1 N–H and O–H groups in total. The molecule has 3 rings (SSSR count). The number of benzene rings is 1. The Bertz CT molecular complexity index is 1170. The zero-order valence-electron chi connectivity index (χ0n) is 21.4. The van der Waals surface area contributed by atoms with Crippen LogP contribution in [0.3, 0.4) is 0 Å². The smallest absolute Gasteiger partial charge is 0.296 e. The molecule has 0 saturated carbocycles. The molecular weight excluding hydrogens is 500 g/mol. The molecule has 2 atom stereocenters. The van der Waals surface area contributed by atoms with E-state index in [0.29, 0.717) is 31.9 Å². The predicted molar refractivity (Wildman–Crippen MR) is 135 cm³/mol. The van der Waals surface area contributed by atoms with Crippen LogP contribution >= 0.6 is 0 Å². The van der Waals surface area contributed by atoms with E-state index in [1.54, 1.807) is 49.9 Å². The van der Waals surface area contributed by atoms with Crippen LogP contribution in [-0.2, 0) is 24.2 Å². The average molecular weight is 535 g/mol. The molecule has 2 aromatic rings. The highest BCUT2D eigenvalue weighted by molar-refractivity contribution is 7.91. The largest absolute Gasteiger partial charge is 0.378 e. The van der Waals surface area contributed by atoms with Crippen LogP contribution in [0.5, 0.6) is 0 Å². The first kappa shape index (κ1) is 28.5. The number of Topliss-reactive ketones (excluding diaryl/α,β-unsaturated/α-hetero) is 1. The fourth-order valence-corrected chi connectivity index (χ4v) is 6.12. The first-order chi connectivity index (χ1) is 17.6. The van der Waals surface area contributed by atoms with Gasteiger partial charge >= 0.3 is 0 Å². The quantitative estimate of drug-likeness (QED) is 0.402. The highest BCUT2D eigenvalue weighted by Gasteiger charge is 2.34. The summed E-state index contributed by atoms with van der Waals surface area (Å²) < 4.78 is 35.9. The van der Waals surface area contributed by atoms with Gasteiger partial charge in [-0.2, -0.15) is 4.98 Å². The van der Waals surface area contributed by atoms with E-state index in [1.807, 2.05) is 6.07 Å². The van der Waals surface area contributed by atoms with E-state index in [-0.39, 0.29) is 42.1 Å². The topological polar surface area (TPSA) is 149 Å². The van der Waals surface area contributed by atoms with E-state index >= 15 is 0 Å². The number of rotatable bonds is 12. The molecule has 12 heteroatoms. The first-order valence-corrected chi connectivity index (χ1v) is 14.2. The SMILES string of the molecule is CC[C@H](NC(=O)C(CC(=O)N1CCOCC1)CS(=O)(=O)CC(C)C)C(=O)c1nc(-c2ccccc2)no1. The van der Waals surface area contributed by atoms with Crippen LogP contribution in [0, 0.1) is 11.8 Å². The number of aromatic nitrogens is 2. The average Bonchev–Trinajstić information content (AvgIpc) is 3.37. The predicted octanol–water partition coefficient (Wildman–Crippen LogP) is 1.75. The minimum absolute atomic E-state index is 0.108. The van der Waals surface area contributed by atoms with Crippen molar-refractivity contribution in [2.75, 3.05) is 37.8 Å². The molecule has 2 heterocycles. The molecule has 1 aromatic heterocycles. The van der Waals surface area contributed by atoms with Gasteiger partial charge in [0.1, 0.15) is 0 Å². The Hall–Kier alpha value is -3.12. The number of ether oxygens (including phenoxy) is 1. The zero-order chi connectivity index (χ0) is 27.0. The Morgan fingerprint density at radius 2 is 1.76 bits per heavy atom. The fraction of sp³-hybridized carbons (Fsp3) is 0.560. The molecular formula is C25H34N4O7S. The van der Waals surface area contributed by atoms with Crippen LogP contribution in [0.1, 0.15) is 44.3 Å². The molecule has 1 fully saturated rings. The van der Waals surface area contributed by atoms with E-state index in [4.69, 9.17) is 9.26 Å². The number of ketones is 1. The van der Waals surface area contributed by atoms with Crippen LogP contribution < -0.4 is 5.32 Å². The number of hydrogen-bond acceptors (Lipinski definition) is 9. The van der Waals surface area contributed by atoms with Gasteiger partial charge in [-0.05, 0) is 12.3 Å². The molecule has 1 aromatic carbocycles. The van der Waals surface area contributed by atoms with Crippen molar-refractivity contribution in [1.82, 2.24) is 20.4 Å². The first-order valence-electron chi connectivity index (χ1n) is 12.4. The molecule has 1 saturated heterocycles. The minimum atomic E-state index is -3.63. The lowest BCUT2D eigenvalue weighted by molar-refractivity contribution is -0.139. The summed E-state index contributed by atoms with van der Waals surface area (Å²) in [5.74, 6) is -3.51. The minimum Gasteiger partial charge on any atom is -0.378 e. The maximum absolute atomic E-state index is 13.3. The summed E-state index contributed by atoms with van der Waals surface area (Å²) in [7, 11) is -3.63. The van der Waals surface area contributed by atoms with Crippen LogP contribution in [0.2, 0.25) is 0 Å². The molecule has 1 unspecified atom stereocenters. The van der Waals surface area contributed by atoms with Gasteiger partial charge in [-0.1, -0.05) is 56.3 Å². The summed E-state index contributed by atoms with van der Waals surface area (Å²) in [6.45, 7) is 6.76. The van der Waals surface area contributed by atoms with Gasteiger partial charge in [-0.3, -0.25) is 14.4 Å². The van der Waals surface area contributed by atoms with E-state index in [0.717, 1.165) is 0 Å². The highest BCUT2D eigenvalue weighted by Crippen LogP contribution is 2.18. The van der Waals surface area contributed by atoms with Crippen molar-refractivity contribution in [3.63, 3.8) is 0 Å². The van der Waals surface area contributed by atoms with Crippen LogP contribution in [0.15, 0.2) is 34.9 Å². The van der Waals surface area contributed by atoms with Gasteiger partial charge in [-0.15, -0.1) is 0 Å². The zero-order valence-corrected chi connectivity index (χ0v) is 22.2. The Morgan fingerprint density at radius 3 is 2.38 bits per heavy atom. The molecule has 0 aliphatic carbocycles. The molecule has 202 valence electrons. The van der Waals surface area contributed by atoms with Gasteiger partial charge in [0.05, 0.1) is 36.7 Å². The number of sulfone groups is 1. The van der Waals surface area contributed by atoms with Crippen molar-refractivity contribution >= 4 is 27.4 Å². The van der Waals surface area contributed by atoms with Gasteiger partial charge in [-0.25, -0.2) is 8.42 Å². The second-order valence-corrected chi connectivity index (χ2v) is 11.6. The third-order valence-electron chi connectivity index (χ3n) is 5.91. The van der Waals surface area contributed by atoms with Crippen molar-refractivity contribution in [3.8, 4) is 11.4 Å². The summed E-state index contributed by atoms with van der Waals surface area (Å²) >= 11 is 0. The lowest BCUT2D eigenvalue weighted by Crippen LogP contribution is -2.47. The number of nitrogens with one attached hydrogen (secondary N) is 1. The van der Waals surface area contributed by atoms with Gasteiger partial charge in [0.15, 0.2) is 9.84 Å². The van der Waals surface area contributed by atoms with Crippen molar-refractivity contribution < 1.29 is 32.1 Å². The molecule has 0 spiro atoms. The van der Waals surface area contributed by atoms with E-state index < -0.39 is 39.2 Å². The number of carbonyl (C=O) groups excluding carboxylic acids is 3. The van der Waals surface area contributed by atoms with Crippen molar-refractivity contribution in [3.05, 3.63) is 36.2 Å². The standard InChI is InChI=1S/C25H34N4O7S/c1-4-20(22(31)25-27-23(28-36-25)18-8-6-5-7-9-18)26-24(32)19(16-37(33,34)15-17(2)3)14-21(30)29-10-12-35-13-11-29/h5-9,17,19-20H,4,10-16H2,1-3H3,(H,26,32)/t19?,20-/m0/s1. The van der Waals surface area contributed by atoms with Gasteiger partial charge in [0.25, 0.3) is 5.89 Å². The maximum atomic E-state index is 13.3. The molecule has 1 aliphatic rings. The van der Waals surface area contributed by atoms with Gasteiger partial charge in [0.2, 0.25) is 23.4 Å². The molecule has 11 nitrogen and oxygen atoms in total. The number of hydrogen-bond donors (Lipinski definition) is 1. The van der Waals surface area contributed by atoms with Crippen molar-refractivity contribution in [1.29, 1.82) is 0 Å². The molecule has 2 amide bonds. The number of amides is 2. The van der Waals surface area contributed by atoms with Crippen LogP contribution in [-0.4, -0.2) is 84.9 Å². The second-order valence-electron chi connectivity index (χ2n) is 9.49. The summed E-state index contributed by atoms with van der Waals surface area (Å²) in [5.41, 5.74) is 0.666. The van der Waals surface area contributed by atoms with E-state index in [1.165, 1.54) is 0 Å². The normalized spacial score (nSPS) is 15.8. The summed E-state index contributed by atoms with van der Waals surface area (Å²) in [6, 6.07) is 7.95. The monoisotopic (exact) mass is 534 g/mol. The van der Waals surface area contributed by atoms with Crippen molar-refractivity contribution in [2.45, 2.75) is 39.7 Å². The lowest BCUT2D eigenvalue weighted by Gasteiger charge is -2.28. The van der Waals surface area contributed by atoms with E-state index in [2.05, 4.69) is 15.5 Å². The maximum Gasteiger partial charge on any atom is 0.296 e. The lowest BCUT2D eigenvalue weighted by atomic mass is 10.0. The van der Waals surface area contributed by atoms with Gasteiger partial charge < -0.3 is 19.5 Å². The Kier molecular flexibility index (Phi) is 9.93. The van der Waals surface area contributed by atoms with Crippen molar-refractivity contribution in [2.24, 2.45) is 11.8 Å². The third kappa shape index (κ3) is 8.19.